The number of rotatable bonds is 3. The first-order valence-electron chi connectivity index (χ1n) is 5.03. The fourth-order valence-electron chi connectivity index (χ4n) is 1.54. The molecule has 1 rings (SSSR count). The predicted molar refractivity (Wildman–Crippen MR) is 53.9 cm³/mol. The lowest BCUT2D eigenvalue weighted by Crippen LogP contribution is -2.30. The molecule has 0 aromatic carbocycles. The Kier molecular flexibility index (Phi) is 3.69. The third-order valence-electron chi connectivity index (χ3n) is 2.55. The molecule has 0 unspecified atom stereocenters. The molecule has 0 bridgehead atoms. The average Bonchev–Trinajstić information content (AvgIpc) is 2.19. The van der Waals surface area contributed by atoms with Gasteiger partial charge in [-0.15, -0.1) is 0 Å². The van der Waals surface area contributed by atoms with Crippen LogP contribution in [0.2, 0.25) is 0 Å². The fourth-order valence-corrected chi connectivity index (χ4v) is 1.54. The van der Waals surface area contributed by atoms with E-state index in [2.05, 4.69) is 0 Å². The van der Waals surface area contributed by atoms with Gasteiger partial charge < -0.3 is 9.47 Å². The monoisotopic (exact) mass is 198 g/mol. The smallest absolute Gasteiger partial charge is 0.315 e. The molecular weight excluding hydrogens is 180 g/mol. The molecule has 80 valence electrons. The second-order valence-electron chi connectivity index (χ2n) is 3.90. The third kappa shape index (κ3) is 2.35. The van der Waals surface area contributed by atoms with Crippen molar-refractivity contribution in [1.82, 2.24) is 0 Å². The molecule has 0 radical (unpaired) electrons. The van der Waals surface area contributed by atoms with Gasteiger partial charge in [0.15, 0.2) is 0 Å². The van der Waals surface area contributed by atoms with Crippen LogP contribution in [0.5, 0.6) is 0 Å². The van der Waals surface area contributed by atoms with Gasteiger partial charge in [-0.1, -0.05) is 11.6 Å². The molecule has 1 aliphatic rings. The van der Waals surface area contributed by atoms with Crippen molar-refractivity contribution in [3.63, 3.8) is 0 Å². The molecule has 1 heterocycles. The van der Waals surface area contributed by atoms with Gasteiger partial charge in [0, 0.05) is 0 Å². The van der Waals surface area contributed by atoms with E-state index >= 15 is 0 Å². The minimum Gasteiger partial charge on any atom is -0.465 e. The zero-order valence-electron chi connectivity index (χ0n) is 9.13. The Balaban J connectivity index is 2.72. The van der Waals surface area contributed by atoms with Crippen LogP contribution in [0.25, 0.3) is 0 Å². The molecule has 0 saturated heterocycles. The van der Waals surface area contributed by atoms with Gasteiger partial charge >= 0.3 is 5.97 Å². The maximum Gasteiger partial charge on any atom is 0.315 e. The molecular formula is C11H18O3. The van der Waals surface area contributed by atoms with Crippen LogP contribution < -0.4 is 0 Å². The lowest BCUT2D eigenvalue weighted by Gasteiger charge is -2.28. The minimum absolute atomic E-state index is 0.145. The van der Waals surface area contributed by atoms with Gasteiger partial charge in [-0.25, -0.2) is 0 Å². The molecule has 0 fully saturated rings. The summed E-state index contributed by atoms with van der Waals surface area (Å²) in [5.41, 5.74) is 0.627. The molecule has 1 aliphatic heterocycles. The first-order chi connectivity index (χ1) is 6.59. The highest BCUT2D eigenvalue weighted by atomic mass is 16.5. The number of esters is 1. The zero-order chi connectivity index (χ0) is 10.6. The number of carbonyl (C=O) groups is 1. The van der Waals surface area contributed by atoms with Crippen LogP contribution in [0, 0.1) is 5.41 Å². The van der Waals surface area contributed by atoms with Crippen LogP contribution in [0.1, 0.15) is 27.2 Å². The molecule has 0 amide bonds. The first-order valence-corrected chi connectivity index (χ1v) is 5.03. The highest BCUT2D eigenvalue weighted by Gasteiger charge is 2.33. The van der Waals surface area contributed by atoms with E-state index < -0.39 is 5.41 Å². The van der Waals surface area contributed by atoms with Gasteiger partial charge in [-0.2, -0.15) is 0 Å². The second kappa shape index (κ2) is 4.60. The number of hydrogen-bond acceptors (Lipinski definition) is 3. The minimum atomic E-state index is -0.500. The standard InChI is InChI=1S/C11H18O3/c1-4-14-10(12)11(2,3)9-5-7-13-8-6-9/h5H,4,6-8H2,1-3H3. The van der Waals surface area contributed by atoms with E-state index in [4.69, 9.17) is 9.47 Å². The molecule has 0 aromatic heterocycles. The topological polar surface area (TPSA) is 35.5 Å². The summed E-state index contributed by atoms with van der Waals surface area (Å²) in [7, 11) is 0. The fraction of sp³-hybridized carbons (Fsp3) is 0.727. The SMILES string of the molecule is CCOC(=O)C(C)(C)C1=CCOCC1. The van der Waals surface area contributed by atoms with Crippen molar-refractivity contribution in [2.24, 2.45) is 5.41 Å². The molecule has 0 N–H and O–H groups in total. The van der Waals surface area contributed by atoms with Gasteiger partial charge in [0.05, 0.1) is 25.2 Å². The Bertz CT molecular complexity index is 241. The predicted octanol–water partition coefficient (Wildman–Crippen LogP) is 1.92. The van der Waals surface area contributed by atoms with E-state index in [0.29, 0.717) is 19.8 Å². The summed E-state index contributed by atoms with van der Waals surface area (Å²) in [6, 6.07) is 0. The molecule has 0 atom stereocenters. The van der Waals surface area contributed by atoms with E-state index in [1.165, 1.54) is 0 Å². The van der Waals surface area contributed by atoms with E-state index in [9.17, 15) is 4.79 Å². The van der Waals surface area contributed by atoms with Crippen molar-refractivity contribution in [2.45, 2.75) is 27.2 Å². The number of carbonyl (C=O) groups excluding carboxylic acids is 1. The van der Waals surface area contributed by atoms with Crippen LogP contribution in [0.3, 0.4) is 0 Å². The van der Waals surface area contributed by atoms with E-state index in [1.54, 1.807) is 0 Å². The van der Waals surface area contributed by atoms with Crippen LogP contribution in [0.15, 0.2) is 11.6 Å². The maximum atomic E-state index is 11.7. The summed E-state index contributed by atoms with van der Waals surface area (Å²) in [5.74, 6) is -0.145. The lowest BCUT2D eigenvalue weighted by atomic mass is 9.82. The average molecular weight is 198 g/mol. The Morgan fingerprint density at radius 3 is 2.86 bits per heavy atom. The third-order valence-corrected chi connectivity index (χ3v) is 2.55. The Morgan fingerprint density at radius 1 is 1.64 bits per heavy atom. The number of hydrogen-bond donors (Lipinski definition) is 0. The van der Waals surface area contributed by atoms with Crippen molar-refractivity contribution in [1.29, 1.82) is 0 Å². The van der Waals surface area contributed by atoms with Gasteiger partial charge in [-0.05, 0) is 27.2 Å². The number of ether oxygens (including phenoxy) is 2. The van der Waals surface area contributed by atoms with E-state index in [0.717, 1.165) is 12.0 Å². The van der Waals surface area contributed by atoms with Gasteiger partial charge in [0.2, 0.25) is 0 Å². The van der Waals surface area contributed by atoms with Crippen LogP contribution in [-0.4, -0.2) is 25.8 Å². The van der Waals surface area contributed by atoms with Crippen LogP contribution in [-0.2, 0) is 14.3 Å². The Morgan fingerprint density at radius 2 is 2.36 bits per heavy atom. The summed E-state index contributed by atoms with van der Waals surface area (Å²) in [4.78, 5) is 11.7. The van der Waals surface area contributed by atoms with E-state index in [1.807, 2.05) is 26.8 Å². The lowest BCUT2D eigenvalue weighted by molar-refractivity contribution is -0.151. The summed E-state index contributed by atoms with van der Waals surface area (Å²) >= 11 is 0. The van der Waals surface area contributed by atoms with Gasteiger partial charge in [0.1, 0.15) is 0 Å². The van der Waals surface area contributed by atoms with Crippen molar-refractivity contribution < 1.29 is 14.3 Å². The molecule has 14 heavy (non-hydrogen) atoms. The van der Waals surface area contributed by atoms with Crippen molar-refractivity contribution in [3.05, 3.63) is 11.6 Å². The van der Waals surface area contributed by atoms with Gasteiger partial charge in [-0.3, -0.25) is 4.79 Å². The normalized spacial score (nSPS) is 17.5. The summed E-state index contributed by atoms with van der Waals surface area (Å²) in [6.45, 7) is 7.38. The van der Waals surface area contributed by atoms with Gasteiger partial charge in [0.25, 0.3) is 0 Å². The molecule has 3 heteroatoms. The molecule has 0 saturated carbocycles. The summed E-state index contributed by atoms with van der Waals surface area (Å²) in [5, 5.41) is 0. The molecule has 3 nitrogen and oxygen atoms in total. The maximum absolute atomic E-state index is 11.7. The van der Waals surface area contributed by atoms with E-state index in [-0.39, 0.29) is 5.97 Å². The Labute approximate surface area is 85.1 Å². The highest BCUT2D eigenvalue weighted by Crippen LogP contribution is 2.31. The van der Waals surface area contributed by atoms with Crippen molar-refractivity contribution in [3.8, 4) is 0 Å². The zero-order valence-corrected chi connectivity index (χ0v) is 9.13. The van der Waals surface area contributed by atoms with Crippen LogP contribution >= 0.6 is 0 Å². The molecule has 0 aromatic rings. The Hall–Kier alpha value is -0.830. The quantitative estimate of drug-likeness (QED) is 0.513. The molecule has 0 aliphatic carbocycles. The highest BCUT2D eigenvalue weighted by molar-refractivity contribution is 5.79. The first kappa shape index (κ1) is 11.2. The second-order valence-corrected chi connectivity index (χ2v) is 3.90. The molecule has 0 spiro atoms. The van der Waals surface area contributed by atoms with Crippen LogP contribution in [0.4, 0.5) is 0 Å². The largest absolute Gasteiger partial charge is 0.465 e. The summed E-state index contributed by atoms with van der Waals surface area (Å²) < 4.78 is 10.2. The van der Waals surface area contributed by atoms with Crippen molar-refractivity contribution in [2.75, 3.05) is 19.8 Å². The van der Waals surface area contributed by atoms with Crippen molar-refractivity contribution >= 4 is 5.97 Å². The summed E-state index contributed by atoms with van der Waals surface area (Å²) in [6.07, 6.45) is 2.81.